The van der Waals surface area contributed by atoms with Gasteiger partial charge in [0, 0.05) is 6.07 Å². The molecule has 0 heterocycles. The summed E-state index contributed by atoms with van der Waals surface area (Å²) >= 11 is 0. The van der Waals surface area contributed by atoms with Crippen LogP contribution in [-0.4, -0.2) is 30.5 Å². The van der Waals surface area contributed by atoms with Crippen molar-refractivity contribution in [2.75, 3.05) is 18.6 Å². The van der Waals surface area contributed by atoms with E-state index < -0.39 is 16.8 Å². The molecule has 0 saturated heterocycles. The SMILES string of the molecule is CCOC(=O)C(=O)N(Cc1ccc(OC)cc1)c1ccccc1[N+](=O)[O-]. The van der Waals surface area contributed by atoms with Crippen molar-refractivity contribution in [3.8, 4) is 5.75 Å². The number of nitro groups is 1. The number of benzene rings is 2. The Hall–Kier alpha value is -3.42. The van der Waals surface area contributed by atoms with E-state index in [0.29, 0.717) is 11.3 Å². The van der Waals surface area contributed by atoms with Crippen LogP contribution in [0.5, 0.6) is 5.75 Å². The van der Waals surface area contributed by atoms with Gasteiger partial charge in [0.15, 0.2) is 0 Å². The normalized spacial score (nSPS) is 10.1. The highest BCUT2D eigenvalue weighted by molar-refractivity contribution is 6.38. The number of amides is 1. The average molecular weight is 358 g/mol. The summed E-state index contributed by atoms with van der Waals surface area (Å²) in [4.78, 5) is 36.2. The first-order valence-electron chi connectivity index (χ1n) is 7.82. The number of carbonyl (C=O) groups is 2. The highest BCUT2D eigenvalue weighted by atomic mass is 16.6. The smallest absolute Gasteiger partial charge is 0.397 e. The van der Waals surface area contributed by atoms with Gasteiger partial charge in [0.25, 0.3) is 5.69 Å². The summed E-state index contributed by atoms with van der Waals surface area (Å²) in [5.41, 5.74) is 0.409. The third kappa shape index (κ3) is 4.35. The number of esters is 1. The molecule has 0 N–H and O–H groups in total. The van der Waals surface area contributed by atoms with E-state index in [1.807, 2.05) is 0 Å². The Kier molecular flexibility index (Phi) is 6.26. The van der Waals surface area contributed by atoms with Crippen LogP contribution < -0.4 is 9.64 Å². The lowest BCUT2D eigenvalue weighted by Crippen LogP contribution is -2.37. The van der Waals surface area contributed by atoms with Crippen LogP contribution in [-0.2, 0) is 20.9 Å². The van der Waals surface area contributed by atoms with Crippen LogP contribution in [0.2, 0.25) is 0 Å². The Morgan fingerprint density at radius 2 is 1.77 bits per heavy atom. The van der Waals surface area contributed by atoms with Crippen molar-refractivity contribution in [1.29, 1.82) is 0 Å². The summed E-state index contributed by atoms with van der Waals surface area (Å²) in [6.07, 6.45) is 0. The molecule has 0 unspecified atom stereocenters. The van der Waals surface area contributed by atoms with Gasteiger partial charge >= 0.3 is 11.9 Å². The van der Waals surface area contributed by atoms with Gasteiger partial charge < -0.3 is 9.47 Å². The van der Waals surface area contributed by atoms with Gasteiger partial charge in [-0.1, -0.05) is 24.3 Å². The maximum atomic E-state index is 12.5. The molecule has 8 nitrogen and oxygen atoms in total. The van der Waals surface area contributed by atoms with E-state index in [-0.39, 0.29) is 24.5 Å². The number of nitro benzene ring substituents is 1. The van der Waals surface area contributed by atoms with Crippen molar-refractivity contribution in [3.63, 3.8) is 0 Å². The standard InChI is InChI=1S/C18H18N2O6/c1-3-26-18(22)17(21)19(12-13-8-10-14(25-2)11-9-13)15-6-4-5-7-16(15)20(23)24/h4-11H,3,12H2,1-2H3. The highest BCUT2D eigenvalue weighted by Gasteiger charge is 2.29. The molecular weight excluding hydrogens is 340 g/mol. The number of carbonyl (C=O) groups excluding carboxylic acids is 2. The number of hydrogen-bond acceptors (Lipinski definition) is 6. The van der Waals surface area contributed by atoms with Crippen molar-refractivity contribution in [2.24, 2.45) is 0 Å². The van der Waals surface area contributed by atoms with Gasteiger partial charge in [-0.15, -0.1) is 0 Å². The third-order valence-corrected chi connectivity index (χ3v) is 3.56. The minimum atomic E-state index is -1.07. The second-order valence-corrected chi connectivity index (χ2v) is 5.21. The van der Waals surface area contributed by atoms with Gasteiger partial charge in [0.1, 0.15) is 11.4 Å². The molecule has 0 aliphatic carbocycles. The fourth-order valence-corrected chi connectivity index (χ4v) is 2.33. The summed E-state index contributed by atoms with van der Waals surface area (Å²) in [5.74, 6) is -1.42. The first kappa shape index (κ1) is 18.9. The molecule has 2 aromatic carbocycles. The van der Waals surface area contributed by atoms with E-state index in [4.69, 9.17) is 9.47 Å². The van der Waals surface area contributed by atoms with Crippen LogP contribution in [0.4, 0.5) is 11.4 Å². The van der Waals surface area contributed by atoms with E-state index in [1.165, 1.54) is 25.3 Å². The Bertz CT molecular complexity index is 804. The van der Waals surface area contributed by atoms with Gasteiger partial charge in [-0.25, -0.2) is 4.79 Å². The Labute approximate surface area is 150 Å². The first-order chi connectivity index (χ1) is 12.5. The fourth-order valence-electron chi connectivity index (χ4n) is 2.33. The van der Waals surface area contributed by atoms with Gasteiger partial charge in [0.2, 0.25) is 0 Å². The van der Waals surface area contributed by atoms with Crippen molar-refractivity contribution in [1.82, 2.24) is 0 Å². The van der Waals surface area contributed by atoms with Gasteiger partial charge in [-0.3, -0.25) is 19.8 Å². The zero-order valence-electron chi connectivity index (χ0n) is 14.4. The lowest BCUT2D eigenvalue weighted by atomic mass is 10.1. The average Bonchev–Trinajstić information content (AvgIpc) is 2.66. The van der Waals surface area contributed by atoms with Crippen LogP contribution >= 0.6 is 0 Å². The minimum Gasteiger partial charge on any atom is -0.497 e. The van der Waals surface area contributed by atoms with Crippen molar-refractivity contribution in [2.45, 2.75) is 13.5 Å². The monoisotopic (exact) mass is 358 g/mol. The van der Waals surface area contributed by atoms with Crippen LogP contribution in [0.15, 0.2) is 48.5 Å². The molecule has 26 heavy (non-hydrogen) atoms. The zero-order chi connectivity index (χ0) is 19.1. The number of rotatable bonds is 6. The summed E-state index contributed by atoms with van der Waals surface area (Å²) < 4.78 is 9.84. The number of para-hydroxylation sites is 2. The third-order valence-electron chi connectivity index (χ3n) is 3.56. The number of methoxy groups -OCH3 is 1. The van der Waals surface area contributed by atoms with Crippen LogP contribution in [0, 0.1) is 10.1 Å². The lowest BCUT2D eigenvalue weighted by molar-refractivity contribution is -0.384. The van der Waals surface area contributed by atoms with Crippen molar-refractivity contribution in [3.05, 3.63) is 64.2 Å². The topological polar surface area (TPSA) is 99.0 Å². The summed E-state index contributed by atoms with van der Waals surface area (Å²) in [6, 6.07) is 12.5. The van der Waals surface area contributed by atoms with E-state index >= 15 is 0 Å². The number of nitrogens with zero attached hydrogens (tertiary/aromatic N) is 2. The van der Waals surface area contributed by atoms with E-state index in [1.54, 1.807) is 37.3 Å². The quantitative estimate of drug-likeness (QED) is 0.341. The van der Waals surface area contributed by atoms with Gasteiger partial charge in [-0.05, 0) is 30.7 Å². The zero-order valence-corrected chi connectivity index (χ0v) is 14.4. The second kappa shape index (κ2) is 8.61. The van der Waals surface area contributed by atoms with Gasteiger partial charge in [0.05, 0.1) is 25.2 Å². The number of hydrogen-bond donors (Lipinski definition) is 0. The molecule has 2 rings (SSSR count). The second-order valence-electron chi connectivity index (χ2n) is 5.21. The molecule has 8 heteroatoms. The largest absolute Gasteiger partial charge is 0.497 e. The molecule has 0 atom stereocenters. The predicted molar refractivity (Wildman–Crippen MR) is 93.9 cm³/mol. The first-order valence-corrected chi connectivity index (χ1v) is 7.82. The Morgan fingerprint density at radius 3 is 2.35 bits per heavy atom. The minimum absolute atomic E-state index is 0.0198. The molecule has 1 amide bonds. The molecule has 0 spiro atoms. The van der Waals surface area contributed by atoms with Crippen LogP contribution in [0.25, 0.3) is 0 Å². The summed E-state index contributed by atoms with van der Waals surface area (Å²) in [5, 5.41) is 11.3. The molecule has 0 bridgehead atoms. The van der Waals surface area contributed by atoms with Crippen LogP contribution in [0.3, 0.4) is 0 Å². The molecule has 0 aromatic heterocycles. The Morgan fingerprint density at radius 1 is 1.12 bits per heavy atom. The Balaban J connectivity index is 2.43. The van der Waals surface area contributed by atoms with E-state index in [2.05, 4.69) is 0 Å². The molecule has 0 fully saturated rings. The predicted octanol–water partition coefficient (Wildman–Crippen LogP) is 2.70. The maximum Gasteiger partial charge on any atom is 0.397 e. The van der Waals surface area contributed by atoms with Crippen molar-refractivity contribution < 1.29 is 24.0 Å². The molecule has 0 aliphatic heterocycles. The molecule has 136 valence electrons. The van der Waals surface area contributed by atoms with E-state index in [0.717, 1.165) is 4.90 Å². The maximum absolute atomic E-state index is 12.5. The molecule has 2 aromatic rings. The van der Waals surface area contributed by atoms with E-state index in [9.17, 15) is 19.7 Å². The fraction of sp³-hybridized carbons (Fsp3) is 0.222. The highest BCUT2D eigenvalue weighted by Crippen LogP contribution is 2.29. The molecule has 0 radical (unpaired) electrons. The molecule has 0 saturated carbocycles. The van der Waals surface area contributed by atoms with Crippen molar-refractivity contribution >= 4 is 23.3 Å². The molecule has 0 aliphatic rings. The van der Waals surface area contributed by atoms with Gasteiger partial charge in [-0.2, -0.15) is 0 Å². The lowest BCUT2D eigenvalue weighted by Gasteiger charge is -2.21. The number of anilines is 1. The summed E-state index contributed by atoms with van der Waals surface area (Å²) in [6.45, 7) is 1.56. The summed E-state index contributed by atoms with van der Waals surface area (Å²) in [7, 11) is 1.53. The number of ether oxygens (including phenoxy) is 2. The van der Waals surface area contributed by atoms with Crippen LogP contribution in [0.1, 0.15) is 12.5 Å². The molecular formula is C18H18N2O6.